The Morgan fingerprint density at radius 2 is 2.13 bits per heavy atom. The lowest BCUT2D eigenvalue weighted by atomic mass is 10.1. The van der Waals surface area contributed by atoms with Crippen LogP contribution in [0.4, 0.5) is 0 Å². The quantitative estimate of drug-likeness (QED) is 0.761. The Hall–Kier alpha value is -0.120. The van der Waals surface area contributed by atoms with Crippen LogP contribution in [0, 0.1) is 0 Å². The number of nitrogens with zero attached hydrogens (tertiary/aromatic N) is 2. The molecule has 3 nitrogen and oxygen atoms in total. The summed E-state index contributed by atoms with van der Waals surface area (Å²) in [4.78, 5) is 4.83. The highest BCUT2D eigenvalue weighted by Crippen LogP contribution is 2.16. The fourth-order valence-electron chi connectivity index (χ4n) is 2.40. The Kier molecular flexibility index (Phi) is 5.58. The molecule has 0 aliphatic carbocycles. The maximum atomic E-state index is 9.45. The first-order chi connectivity index (χ1) is 7.19. The van der Waals surface area contributed by atoms with Gasteiger partial charge in [-0.1, -0.05) is 13.3 Å². The van der Waals surface area contributed by atoms with Crippen molar-refractivity contribution in [2.75, 3.05) is 33.3 Å². The molecule has 15 heavy (non-hydrogen) atoms. The van der Waals surface area contributed by atoms with Gasteiger partial charge in [-0.3, -0.25) is 4.90 Å². The van der Waals surface area contributed by atoms with Gasteiger partial charge in [0, 0.05) is 18.6 Å². The van der Waals surface area contributed by atoms with Crippen LogP contribution in [0.1, 0.15) is 33.1 Å². The number of aliphatic hydroxyl groups is 1. The van der Waals surface area contributed by atoms with Crippen LogP contribution in [0.25, 0.3) is 0 Å². The Labute approximate surface area is 94.1 Å². The van der Waals surface area contributed by atoms with Gasteiger partial charge in [-0.05, 0) is 39.9 Å². The third kappa shape index (κ3) is 3.74. The van der Waals surface area contributed by atoms with E-state index in [0.29, 0.717) is 18.7 Å². The molecule has 0 saturated carbocycles. The molecular formula is C12H26N2O. The van der Waals surface area contributed by atoms with Crippen LogP contribution in [0.3, 0.4) is 0 Å². The molecule has 1 saturated heterocycles. The Balaban J connectivity index is 2.58. The predicted molar refractivity (Wildman–Crippen MR) is 64.1 cm³/mol. The molecule has 3 heteroatoms. The first-order valence-corrected chi connectivity index (χ1v) is 6.24. The van der Waals surface area contributed by atoms with Crippen molar-refractivity contribution in [3.63, 3.8) is 0 Å². The molecule has 0 bridgehead atoms. The molecule has 0 radical (unpaired) electrons. The summed E-state index contributed by atoms with van der Waals surface area (Å²) in [7, 11) is 2.15. The topological polar surface area (TPSA) is 26.7 Å². The van der Waals surface area contributed by atoms with E-state index in [0.717, 1.165) is 19.6 Å². The lowest BCUT2D eigenvalue weighted by Crippen LogP contribution is -2.46. The Morgan fingerprint density at radius 3 is 2.73 bits per heavy atom. The average molecular weight is 214 g/mol. The van der Waals surface area contributed by atoms with Gasteiger partial charge in [-0.15, -0.1) is 0 Å². The average Bonchev–Trinajstić information content (AvgIpc) is 2.37. The largest absolute Gasteiger partial charge is 0.395 e. The summed E-state index contributed by atoms with van der Waals surface area (Å²) in [5.41, 5.74) is 0. The van der Waals surface area contributed by atoms with Gasteiger partial charge in [0.25, 0.3) is 0 Å². The molecule has 0 spiro atoms. The van der Waals surface area contributed by atoms with Crippen molar-refractivity contribution in [2.45, 2.75) is 45.2 Å². The van der Waals surface area contributed by atoms with Crippen LogP contribution in [0.2, 0.25) is 0 Å². The van der Waals surface area contributed by atoms with Crippen molar-refractivity contribution < 1.29 is 5.11 Å². The number of unbranched alkanes of at least 4 members (excludes halogenated alkanes) is 1. The second-order valence-corrected chi connectivity index (χ2v) is 4.83. The second kappa shape index (κ2) is 6.46. The summed E-state index contributed by atoms with van der Waals surface area (Å²) in [6.45, 7) is 8.10. The van der Waals surface area contributed by atoms with E-state index in [1.807, 2.05) is 0 Å². The molecule has 1 aliphatic rings. The summed E-state index contributed by atoms with van der Waals surface area (Å²) in [6.07, 6.45) is 3.69. The molecule has 1 aliphatic heterocycles. The monoisotopic (exact) mass is 214 g/mol. The van der Waals surface area contributed by atoms with E-state index in [2.05, 4.69) is 30.7 Å². The van der Waals surface area contributed by atoms with E-state index >= 15 is 0 Å². The highest BCUT2D eigenvalue weighted by atomic mass is 16.3. The highest BCUT2D eigenvalue weighted by Gasteiger charge is 2.26. The zero-order valence-corrected chi connectivity index (χ0v) is 10.4. The van der Waals surface area contributed by atoms with Crippen molar-refractivity contribution in [3.8, 4) is 0 Å². The third-order valence-electron chi connectivity index (χ3n) is 3.47. The number of hydrogen-bond acceptors (Lipinski definition) is 3. The maximum absolute atomic E-state index is 9.45. The third-order valence-corrected chi connectivity index (χ3v) is 3.47. The van der Waals surface area contributed by atoms with Gasteiger partial charge in [-0.2, -0.15) is 0 Å². The molecule has 1 N–H and O–H groups in total. The first kappa shape index (κ1) is 12.9. The van der Waals surface area contributed by atoms with Crippen LogP contribution < -0.4 is 0 Å². The minimum Gasteiger partial charge on any atom is -0.395 e. The molecule has 1 fully saturated rings. The summed E-state index contributed by atoms with van der Waals surface area (Å²) in [5, 5.41) is 9.45. The molecule has 2 unspecified atom stereocenters. The summed E-state index contributed by atoms with van der Waals surface area (Å²) < 4.78 is 0. The summed E-state index contributed by atoms with van der Waals surface area (Å²) >= 11 is 0. The summed E-state index contributed by atoms with van der Waals surface area (Å²) in [6, 6.07) is 0.942. The van der Waals surface area contributed by atoms with E-state index in [1.54, 1.807) is 0 Å². The fraction of sp³-hybridized carbons (Fsp3) is 1.00. The number of likely N-dealkylation sites (N-methyl/N-ethyl adjacent to an activating group) is 1. The van der Waals surface area contributed by atoms with E-state index in [1.165, 1.54) is 19.3 Å². The molecule has 0 aromatic rings. The standard InChI is InChI=1S/C12H26N2O/c1-4-5-7-14-11(2)6-8-13(3)9-12(14)10-15/h11-12,15H,4-10H2,1-3H3. The molecule has 0 amide bonds. The first-order valence-electron chi connectivity index (χ1n) is 6.24. The Bertz CT molecular complexity index is 175. The predicted octanol–water partition coefficient (Wildman–Crippen LogP) is 1.17. The molecule has 1 heterocycles. The lowest BCUT2D eigenvalue weighted by molar-refractivity contribution is 0.0880. The maximum Gasteiger partial charge on any atom is 0.0599 e. The fourth-order valence-corrected chi connectivity index (χ4v) is 2.40. The van der Waals surface area contributed by atoms with Gasteiger partial charge in [0.15, 0.2) is 0 Å². The van der Waals surface area contributed by atoms with Crippen LogP contribution >= 0.6 is 0 Å². The molecule has 0 aromatic heterocycles. The number of aliphatic hydroxyl groups excluding tert-OH is 1. The van der Waals surface area contributed by atoms with E-state index < -0.39 is 0 Å². The van der Waals surface area contributed by atoms with Crippen LogP contribution in [-0.4, -0.2) is 60.3 Å². The molecule has 2 atom stereocenters. The van der Waals surface area contributed by atoms with Crippen LogP contribution in [-0.2, 0) is 0 Å². The highest BCUT2D eigenvalue weighted by molar-refractivity contribution is 4.82. The number of hydrogen-bond donors (Lipinski definition) is 1. The van der Waals surface area contributed by atoms with Gasteiger partial charge in [0.1, 0.15) is 0 Å². The zero-order chi connectivity index (χ0) is 11.3. The summed E-state index contributed by atoms with van der Waals surface area (Å²) in [5.74, 6) is 0. The SMILES string of the molecule is CCCCN1C(C)CCN(C)CC1CO. The Morgan fingerprint density at radius 1 is 1.40 bits per heavy atom. The lowest BCUT2D eigenvalue weighted by Gasteiger charge is -2.33. The second-order valence-electron chi connectivity index (χ2n) is 4.83. The van der Waals surface area contributed by atoms with Crippen molar-refractivity contribution >= 4 is 0 Å². The van der Waals surface area contributed by atoms with Crippen molar-refractivity contribution in [1.82, 2.24) is 9.80 Å². The van der Waals surface area contributed by atoms with Crippen molar-refractivity contribution in [1.29, 1.82) is 0 Å². The van der Waals surface area contributed by atoms with Crippen LogP contribution in [0.15, 0.2) is 0 Å². The van der Waals surface area contributed by atoms with Gasteiger partial charge >= 0.3 is 0 Å². The normalized spacial score (nSPS) is 30.4. The van der Waals surface area contributed by atoms with Gasteiger partial charge in [-0.25, -0.2) is 0 Å². The molecule has 90 valence electrons. The zero-order valence-electron chi connectivity index (χ0n) is 10.4. The van der Waals surface area contributed by atoms with E-state index in [-0.39, 0.29) is 0 Å². The minimum absolute atomic E-state index is 0.290. The molecule has 0 aromatic carbocycles. The van der Waals surface area contributed by atoms with E-state index in [4.69, 9.17) is 0 Å². The van der Waals surface area contributed by atoms with E-state index in [9.17, 15) is 5.11 Å². The molecular weight excluding hydrogens is 188 g/mol. The minimum atomic E-state index is 0.290. The van der Waals surface area contributed by atoms with Crippen molar-refractivity contribution in [3.05, 3.63) is 0 Å². The van der Waals surface area contributed by atoms with Crippen LogP contribution in [0.5, 0.6) is 0 Å². The van der Waals surface area contributed by atoms with Crippen molar-refractivity contribution in [2.24, 2.45) is 0 Å². The smallest absolute Gasteiger partial charge is 0.0599 e. The number of rotatable bonds is 4. The van der Waals surface area contributed by atoms with Gasteiger partial charge in [0.05, 0.1) is 6.61 Å². The molecule has 1 rings (SSSR count). The van der Waals surface area contributed by atoms with Gasteiger partial charge < -0.3 is 10.0 Å². The van der Waals surface area contributed by atoms with Gasteiger partial charge in [0.2, 0.25) is 0 Å².